The molecule has 0 saturated carbocycles. The van der Waals surface area contributed by atoms with Gasteiger partial charge in [0.05, 0.1) is 22.5 Å². The van der Waals surface area contributed by atoms with E-state index in [2.05, 4.69) is 15.2 Å². The predicted molar refractivity (Wildman–Crippen MR) is 96.0 cm³/mol. The Balaban J connectivity index is 1.94. The molecule has 0 radical (unpaired) electrons. The van der Waals surface area contributed by atoms with Gasteiger partial charge in [-0.1, -0.05) is 17.7 Å². The monoisotopic (exact) mass is 390 g/mol. The number of rotatable bonds is 6. The second kappa shape index (κ2) is 7.54. The highest BCUT2D eigenvalue weighted by Gasteiger charge is 2.19. The van der Waals surface area contributed by atoms with E-state index in [1.54, 1.807) is 18.2 Å². The molecule has 8 nitrogen and oxygen atoms in total. The van der Waals surface area contributed by atoms with Crippen molar-refractivity contribution in [1.29, 1.82) is 0 Å². The van der Waals surface area contributed by atoms with Crippen LogP contribution in [0.5, 0.6) is 5.75 Å². The molecule has 0 aliphatic carbocycles. The van der Waals surface area contributed by atoms with Crippen LogP contribution in [0.15, 0.2) is 46.5 Å². The number of hydrogen-bond donors (Lipinski definition) is 1. The number of benzene rings is 2. The number of carbonyl (C=O) groups excluding carboxylic acids is 1. The number of nitro groups is 1. The van der Waals surface area contributed by atoms with E-state index in [4.69, 9.17) is 16.3 Å². The molecular weight excluding hydrogens is 380 g/mol. The third-order valence-electron chi connectivity index (χ3n) is 3.40. The Morgan fingerprint density at radius 2 is 2.12 bits per heavy atom. The zero-order valence-corrected chi connectivity index (χ0v) is 14.9. The normalized spacial score (nSPS) is 10.5. The molecule has 0 aliphatic heterocycles. The maximum atomic E-state index is 11.2. The third kappa shape index (κ3) is 3.68. The molecule has 0 unspecified atom stereocenters. The number of aromatic nitrogens is 3. The summed E-state index contributed by atoms with van der Waals surface area (Å²) in [6, 6.07) is 9.27. The van der Waals surface area contributed by atoms with Gasteiger partial charge in [0.1, 0.15) is 12.0 Å². The molecule has 0 amide bonds. The van der Waals surface area contributed by atoms with Crippen molar-refractivity contribution in [3.05, 3.63) is 57.1 Å². The molecule has 1 N–H and O–H groups in total. The van der Waals surface area contributed by atoms with Crippen molar-refractivity contribution >= 4 is 35.3 Å². The number of hydrogen-bond acceptors (Lipinski definition) is 7. The highest BCUT2D eigenvalue weighted by molar-refractivity contribution is 7.99. The standard InChI is InChI=1S/C16H11ClN4O4S/c1-25-13-4-3-10(17)7-11(13)15-18-16(20-19-15)26-14-5-2-9(8-22)6-12(14)21(23)24/h2-8H,1H3,(H,18,19,20). The van der Waals surface area contributed by atoms with Crippen molar-refractivity contribution in [2.45, 2.75) is 10.1 Å². The van der Waals surface area contributed by atoms with Crippen LogP contribution < -0.4 is 4.74 Å². The van der Waals surface area contributed by atoms with Gasteiger partial charge in [-0.15, -0.1) is 5.10 Å². The summed E-state index contributed by atoms with van der Waals surface area (Å²) in [7, 11) is 1.52. The molecule has 0 atom stereocenters. The quantitative estimate of drug-likeness (QED) is 0.384. The Morgan fingerprint density at radius 3 is 2.81 bits per heavy atom. The van der Waals surface area contributed by atoms with Crippen LogP contribution in [0.25, 0.3) is 11.4 Å². The first kappa shape index (κ1) is 17.9. The summed E-state index contributed by atoms with van der Waals surface area (Å²) >= 11 is 7.03. The molecule has 0 fully saturated rings. The molecule has 10 heteroatoms. The summed E-state index contributed by atoms with van der Waals surface area (Å²) in [5.41, 5.74) is 0.650. The highest BCUT2D eigenvalue weighted by Crippen LogP contribution is 2.35. The Kier molecular flexibility index (Phi) is 5.19. The predicted octanol–water partition coefficient (Wildman–Crippen LogP) is 4.01. The van der Waals surface area contributed by atoms with Gasteiger partial charge in [0.2, 0.25) is 5.16 Å². The van der Waals surface area contributed by atoms with Crippen molar-refractivity contribution in [3.63, 3.8) is 0 Å². The minimum absolute atomic E-state index is 0.189. The van der Waals surface area contributed by atoms with Crippen LogP contribution in [-0.2, 0) is 0 Å². The second-order valence-corrected chi connectivity index (χ2v) is 6.46. The molecule has 3 rings (SSSR count). The minimum atomic E-state index is -0.553. The number of methoxy groups -OCH3 is 1. The first-order chi connectivity index (χ1) is 12.5. The number of nitrogens with zero attached hydrogens (tertiary/aromatic N) is 3. The molecule has 132 valence electrons. The zero-order chi connectivity index (χ0) is 18.7. The summed E-state index contributed by atoms with van der Waals surface area (Å²) in [6.07, 6.45) is 0.553. The lowest BCUT2D eigenvalue weighted by Gasteiger charge is -2.05. The van der Waals surface area contributed by atoms with Gasteiger partial charge in [-0.05, 0) is 36.0 Å². The Hall–Kier alpha value is -2.91. The van der Waals surface area contributed by atoms with Crippen molar-refractivity contribution in [3.8, 4) is 17.1 Å². The fourth-order valence-corrected chi connectivity index (χ4v) is 3.18. The van der Waals surface area contributed by atoms with Gasteiger partial charge < -0.3 is 4.74 Å². The number of H-pyrrole nitrogens is 1. The van der Waals surface area contributed by atoms with Crippen molar-refractivity contribution in [2.75, 3.05) is 7.11 Å². The molecule has 0 saturated heterocycles. The molecule has 26 heavy (non-hydrogen) atoms. The number of nitrogens with one attached hydrogen (secondary N) is 1. The first-order valence-corrected chi connectivity index (χ1v) is 8.39. The molecule has 1 heterocycles. The van der Waals surface area contributed by atoms with Crippen molar-refractivity contribution in [1.82, 2.24) is 15.2 Å². The maximum Gasteiger partial charge on any atom is 0.284 e. The molecule has 0 spiro atoms. The number of nitro benzene ring substituents is 1. The summed E-state index contributed by atoms with van der Waals surface area (Å²) in [4.78, 5) is 26.1. The van der Waals surface area contributed by atoms with Crippen LogP contribution in [0.2, 0.25) is 5.02 Å². The van der Waals surface area contributed by atoms with E-state index in [0.717, 1.165) is 11.8 Å². The highest BCUT2D eigenvalue weighted by atomic mass is 35.5. The minimum Gasteiger partial charge on any atom is -0.496 e. The SMILES string of the molecule is COc1ccc(Cl)cc1-c1nc(Sc2ccc(C=O)cc2[N+](=O)[O-])n[nH]1. The maximum absolute atomic E-state index is 11.2. The van der Waals surface area contributed by atoms with Crippen LogP contribution in [0, 0.1) is 10.1 Å². The van der Waals surface area contributed by atoms with Crippen LogP contribution in [0.3, 0.4) is 0 Å². The average Bonchev–Trinajstić information content (AvgIpc) is 3.10. The number of aromatic amines is 1. The molecule has 1 aromatic heterocycles. The van der Waals surface area contributed by atoms with Crippen LogP contribution in [-0.4, -0.2) is 33.5 Å². The lowest BCUT2D eigenvalue weighted by Crippen LogP contribution is -1.93. The van der Waals surface area contributed by atoms with Gasteiger partial charge in [-0.25, -0.2) is 4.98 Å². The molecule has 0 bridgehead atoms. The average molecular weight is 391 g/mol. The van der Waals surface area contributed by atoms with Gasteiger partial charge in [0, 0.05) is 16.7 Å². The van der Waals surface area contributed by atoms with Gasteiger partial charge in [-0.2, -0.15) is 0 Å². The largest absolute Gasteiger partial charge is 0.496 e. The lowest BCUT2D eigenvalue weighted by atomic mass is 10.2. The van der Waals surface area contributed by atoms with E-state index in [0.29, 0.717) is 33.3 Å². The second-order valence-electron chi connectivity index (χ2n) is 5.02. The van der Waals surface area contributed by atoms with Crippen LogP contribution >= 0.6 is 23.4 Å². The summed E-state index contributed by atoms with van der Waals surface area (Å²) in [5, 5.41) is 18.9. The van der Waals surface area contributed by atoms with Crippen LogP contribution in [0.1, 0.15) is 10.4 Å². The van der Waals surface area contributed by atoms with Gasteiger partial charge >= 0.3 is 0 Å². The molecular formula is C16H11ClN4O4S. The van der Waals surface area contributed by atoms with Crippen LogP contribution in [0.4, 0.5) is 5.69 Å². The van der Waals surface area contributed by atoms with Gasteiger partial charge in [-0.3, -0.25) is 20.0 Å². The van der Waals surface area contributed by atoms with E-state index in [-0.39, 0.29) is 16.4 Å². The number of aldehydes is 1. The fourth-order valence-electron chi connectivity index (χ4n) is 2.21. The Labute approximate surface area is 156 Å². The topological polar surface area (TPSA) is 111 Å². The number of halogens is 1. The molecule has 3 aromatic rings. The van der Waals surface area contributed by atoms with E-state index in [9.17, 15) is 14.9 Å². The van der Waals surface area contributed by atoms with Gasteiger partial charge in [0.15, 0.2) is 5.82 Å². The van der Waals surface area contributed by atoms with E-state index in [1.165, 1.54) is 25.3 Å². The van der Waals surface area contributed by atoms with E-state index in [1.807, 2.05) is 0 Å². The van der Waals surface area contributed by atoms with E-state index >= 15 is 0 Å². The first-order valence-electron chi connectivity index (χ1n) is 7.19. The Bertz CT molecular complexity index is 992. The summed E-state index contributed by atoms with van der Waals surface area (Å²) in [5.74, 6) is 0.974. The van der Waals surface area contributed by atoms with Crippen molar-refractivity contribution < 1.29 is 14.5 Å². The lowest BCUT2D eigenvalue weighted by molar-refractivity contribution is -0.387. The van der Waals surface area contributed by atoms with Gasteiger partial charge in [0.25, 0.3) is 5.69 Å². The third-order valence-corrected chi connectivity index (χ3v) is 4.56. The number of ether oxygens (including phenoxy) is 1. The Morgan fingerprint density at radius 1 is 1.31 bits per heavy atom. The smallest absolute Gasteiger partial charge is 0.284 e. The summed E-state index contributed by atoms with van der Waals surface area (Å²) < 4.78 is 5.28. The number of carbonyl (C=O) groups is 1. The van der Waals surface area contributed by atoms with Crippen molar-refractivity contribution in [2.24, 2.45) is 0 Å². The molecule has 0 aliphatic rings. The van der Waals surface area contributed by atoms with E-state index < -0.39 is 4.92 Å². The zero-order valence-electron chi connectivity index (χ0n) is 13.3. The molecule has 2 aromatic carbocycles. The fraction of sp³-hybridized carbons (Fsp3) is 0.0625. The summed E-state index contributed by atoms with van der Waals surface area (Å²) in [6.45, 7) is 0.